The summed E-state index contributed by atoms with van der Waals surface area (Å²) in [4.78, 5) is 57.7. The molecule has 0 aliphatic heterocycles. The van der Waals surface area contributed by atoms with E-state index in [1.165, 1.54) is 49.3 Å². The number of hydrogen-bond donors (Lipinski definition) is 2. The second-order valence-electron chi connectivity index (χ2n) is 8.47. The largest absolute Gasteiger partial charge is 0.481 e. The first-order valence-electron chi connectivity index (χ1n) is 10.2. The summed E-state index contributed by atoms with van der Waals surface area (Å²) in [5.74, 6) is -1.04. The molecule has 0 radical (unpaired) electrons. The second-order valence-corrected chi connectivity index (χ2v) is 8.47. The third-order valence-electron chi connectivity index (χ3n) is 4.81. The van der Waals surface area contributed by atoms with E-state index >= 15 is 0 Å². The number of alkyl carbamates (subject to hydrolysis) is 1. The van der Waals surface area contributed by atoms with Crippen LogP contribution < -0.4 is 21.3 Å². The highest BCUT2D eigenvalue weighted by Crippen LogP contribution is 2.14. The smallest absolute Gasteiger partial charge is 0.408 e. The molecule has 0 fully saturated rings. The topological polar surface area (TPSA) is 155 Å². The van der Waals surface area contributed by atoms with Gasteiger partial charge in [-0.05, 0) is 32.9 Å². The Hall–Kier alpha value is -4.22. The molecule has 3 rings (SSSR count). The Labute approximate surface area is 193 Å². The lowest BCUT2D eigenvalue weighted by Gasteiger charge is -2.22. The van der Waals surface area contributed by atoms with E-state index in [4.69, 9.17) is 9.47 Å². The SMILES string of the molecule is COc1cc2c(=O)n(-c3ccc(C[C@H](NC(=O)OC(C)(C)C)C(=O)O)nc3)c(=O)n(C)c2cn1. The van der Waals surface area contributed by atoms with Gasteiger partial charge in [-0.25, -0.2) is 23.9 Å². The van der Waals surface area contributed by atoms with E-state index in [2.05, 4.69) is 15.3 Å². The van der Waals surface area contributed by atoms with Crippen LogP contribution in [0.2, 0.25) is 0 Å². The molecule has 0 spiro atoms. The zero-order valence-electron chi connectivity index (χ0n) is 19.4. The fraction of sp³-hybridized carbons (Fsp3) is 0.364. The van der Waals surface area contributed by atoms with Crippen molar-refractivity contribution < 1.29 is 24.2 Å². The van der Waals surface area contributed by atoms with Crippen molar-refractivity contribution in [3.63, 3.8) is 0 Å². The summed E-state index contributed by atoms with van der Waals surface area (Å²) in [7, 11) is 2.93. The van der Waals surface area contributed by atoms with Gasteiger partial charge < -0.3 is 19.9 Å². The van der Waals surface area contributed by atoms with Gasteiger partial charge in [-0.15, -0.1) is 0 Å². The van der Waals surface area contributed by atoms with E-state index in [0.717, 1.165) is 4.57 Å². The minimum absolute atomic E-state index is 0.137. The van der Waals surface area contributed by atoms with E-state index in [1.807, 2.05) is 0 Å². The zero-order valence-corrected chi connectivity index (χ0v) is 19.4. The number of rotatable bonds is 6. The van der Waals surface area contributed by atoms with Crippen LogP contribution in [0, 0.1) is 0 Å². The van der Waals surface area contributed by atoms with Crippen molar-refractivity contribution in [2.24, 2.45) is 7.05 Å². The summed E-state index contributed by atoms with van der Waals surface area (Å²) in [5, 5.41) is 12.0. The molecule has 0 saturated heterocycles. The van der Waals surface area contributed by atoms with Crippen LogP contribution in [0.1, 0.15) is 26.5 Å². The highest BCUT2D eigenvalue weighted by molar-refractivity contribution is 5.80. The van der Waals surface area contributed by atoms with Gasteiger partial charge in [0.05, 0.1) is 36.1 Å². The van der Waals surface area contributed by atoms with Gasteiger partial charge in [-0.2, -0.15) is 0 Å². The number of aryl methyl sites for hydroxylation is 1. The normalized spacial score (nSPS) is 12.3. The quantitative estimate of drug-likeness (QED) is 0.536. The van der Waals surface area contributed by atoms with Gasteiger partial charge in [0.15, 0.2) is 0 Å². The van der Waals surface area contributed by atoms with E-state index in [9.17, 15) is 24.3 Å². The van der Waals surface area contributed by atoms with Crippen molar-refractivity contribution >= 4 is 23.0 Å². The standard InChI is InChI=1S/C22H25N5O7/c1-22(2,3)34-20(31)25-15(19(29)30)8-12-6-7-13(10-23-12)27-18(28)14-9-17(33-5)24-11-16(14)26(4)21(27)32/h6-7,9-11,15H,8H2,1-5H3,(H,25,31)(H,29,30)/t15-/m0/s1. The van der Waals surface area contributed by atoms with Crippen LogP contribution >= 0.6 is 0 Å². The monoisotopic (exact) mass is 471 g/mol. The van der Waals surface area contributed by atoms with Crippen LogP contribution in [-0.4, -0.2) is 55.0 Å². The number of nitrogens with zero attached hydrogens (tertiary/aromatic N) is 4. The Morgan fingerprint density at radius 2 is 1.88 bits per heavy atom. The number of aliphatic carboxylic acids is 1. The molecule has 0 aliphatic rings. The summed E-state index contributed by atoms with van der Waals surface area (Å²) in [5.41, 5.74) is -1.11. The predicted octanol–water partition coefficient (Wildman–Crippen LogP) is 1.01. The highest BCUT2D eigenvalue weighted by atomic mass is 16.6. The number of aromatic nitrogens is 4. The first-order chi connectivity index (χ1) is 15.9. The van der Waals surface area contributed by atoms with E-state index in [1.54, 1.807) is 20.8 Å². The Morgan fingerprint density at radius 1 is 1.18 bits per heavy atom. The molecule has 0 aromatic carbocycles. The Bertz CT molecular complexity index is 1350. The summed E-state index contributed by atoms with van der Waals surface area (Å²) < 4.78 is 12.4. The van der Waals surface area contributed by atoms with E-state index in [-0.39, 0.29) is 23.4 Å². The number of hydrogen-bond acceptors (Lipinski definition) is 8. The van der Waals surface area contributed by atoms with Crippen molar-refractivity contribution in [3.8, 4) is 11.6 Å². The molecule has 0 aliphatic carbocycles. The molecule has 1 atom stereocenters. The number of carbonyl (C=O) groups excluding carboxylic acids is 1. The molecule has 0 unspecified atom stereocenters. The lowest BCUT2D eigenvalue weighted by molar-refractivity contribution is -0.139. The molecule has 34 heavy (non-hydrogen) atoms. The number of pyridine rings is 2. The number of carboxylic acids is 1. The van der Waals surface area contributed by atoms with Crippen LogP contribution in [0.5, 0.6) is 5.88 Å². The van der Waals surface area contributed by atoms with Crippen LogP contribution in [0.4, 0.5) is 4.79 Å². The van der Waals surface area contributed by atoms with Gasteiger partial charge >= 0.3 is 17.8 Å². The Morgan fingerprint density at radius 3 is 2.44 bits per heavy atom. The Kier molecular flexibility index (Phi) is 6.70. The molecule has 180 valence electrons. The average Bonchev–Trinajstić information content (AvgIpc) is 2.76. The molecule has 0 saturated carbocycles. The van der Waals surface area contributed by atoms with Crippen LogP contribution in [0.25, 0.3) is 16.6 Å². The third kappa shape index (κ3) is 5.22. The van der Waals surface area contributed by atoms with E-state index < -0.39 is 35.0 Å². The van der Waals surface area contributed by atoms with Crippen molar-refractivity contribution in [2.45, 2.75) is 38.8 Å². The molecule has 0 bridgehead atoms. The summed E-state index contributed by atoms with van der Waals surface area (Å²) >= 11 is 0. The maximum absolute atomic E-state index is 13.1. The van der Waals surface area contributed by atoms with Gasteiger partial charge in [-0.3, -0.25) is 14.3 Å². The Balaban J connectivity index is 1.92. The van der Waals surface area contributed by atoms with Crippen molar-refractivity contribution in [2.75, 3.05) is 7.11 Å². The molecule has 2 N–H and O–H groups in total. The fourth-order valence-electron chi connectivity index (χ4n) is 3.20. The first kappa shape index (κ1) is 24.4. The predicted molar refractivity (Wildman–Crippen MR) is 121 cm³/mol. The number of methoxy groups -OCH3 is 1. The lowest BCUT2D eigenvalue weighted by Crippen LogP contribution is -2.44. The highest BCUT2D eigenvalue weighted by Gasteiger charge is 2.25. The molecule has 3 aromatic heterocycles. The maximum Gasteiger partial charge on any atom is 0.408 e. The summed E-state index contributed by atoms with van der Waals surface area (Å²) in [6, 6.07) is 3.10. The zero-order chi connectivity index (χ0) is 25.2. The number of ether oxygens (including phenoxy) is 2. The van der Waals surface area contributed by atoms with Crippen LogP contribution in [0.15, 0.2) is 40.2 Å². The van der Waals surface area contributed by atoms with E-state index in [0.29, 0.717) is 11.2 Å². The molecule has 12 nitrogen and oxygen atoms in total. The van der Waals surface area contributed by atoms with Gasteiger partial charge in [0.25, 0.3) is 5.56 Å². The maximum atomic E-state index is 13.1. The summed E-state index contributed by atoms with van der Waals surface area (Å²) in [6.07, 6.45) is 1.66. The lowest BCUT2D eigenvalue weighted by atomic mass is 10.1. The van der Waals surface area contributed by atoms with Crippen LogP contribution in [0.3, 0.4) is 0 Å². The van der Waals surface area contributed by atoms with Gasteiger partial charge in [0, 0.05) is 25.2 Å². The fourth-order valence-corrected chi connectivity index (χ4v) is 3.20. The number of carboxylic acid groups (broad SMARTS) is 1. The second kappa shape index (κ2) is 9.33. The van der Waals surface area contributed by atoms with Crippen LogP contribution in [-0.2, 0) is 23.0 Å². The average molecular weight is 471 g/mol. The minimum Gasteiger partial charge on any atom is -0.481 e. The molecule has 1 amide bonds. The van der Waals surface area contributed by atoms with Crippen molar-refractivity contribution in [1.82, 2.24) is 24.4 Å². The number of fused-ring (bicyclic) bond motifs is 1. The first-order valence-corrected chi connectivity index (χ1v) is 10.2. The molecule has 12 heteroatoms. The number of carbonyl (C=O) groups is 2. The number of amides is 1. The van der Waals surface area contributed by atoms with Gasteiger partial charge in [0.2, 0.25) is 5.88 Å². The molecular formula is C22H25N5O7. The summed E-state index contributed by atoms with van der Waals surface area (Å²) in [6.45, 7) is 4.98. The molecule has 3 aromatic rings. The van der Waals surface area contributed by atoms with Gasteiger partial charge in [-0.1, -0.05) is 0 Å². The van der Waals surface area contributed by atoms with Crippen molar-refractivity contribution in [1.29, 1.82) is 0 Å². The number of nitrogens with one attached hydrogen (secondary N) is 1. The van der Waals surface area contributed by atoms with Gasteiger partial charge in [0.1, 0.15) is 11.6 Å². The third-order valence-corrected chi connectivity index (χ3v) is 4.81. The van der Waals surface area contributed by atoms with Crippen molar-refractivity contribution in [3.05, 3.63) is 57.1 Å². The molecule has 3 heterocycles. The molecular weight excluding hydrogens is 446 g/mol. The minimum atomic E-state index is -1.29.